The maximum atomic E-state index is 13.2. The first-order valence-corrected chi connectivity index (χ1v) is 11.9. The van der Waals surface area contributed by atoms with Crippen LogP contribution in [-0.4, -0.2) is 34.6 Å². The van der Waals surface area contributed by atoms with Gasteiger partial charge in [-0.1, -0.05) is 18.2 Å². The molecule has 3 aromatic rings. The van der Waals surface area contributed by atoms with Crippen molar-refractivity contribution in [2.45, 2.75) is 44.1 Å². The van der Waals surface area contributed by atoms with Gasteiger partial charge in [-0.25, -0.2) is 4.98 Å². The summed E-state index contributed by atoms with van der Waals surface area (Å²) in [4.78, 5) is 22.1. The van der Waals surface area contributed by atoms with Gasteiger partial charge in [-0.05, 0) is 80.5 Å². The fourth-order valence-electron chi connectivity index (χ4n) is 6.76. The molecular formula is C27H29N3O2. The zero-order valence-electron chi connectivity index (χ0n) is 18.3. The fraction of sp³-hybridized carbons (Fsp3) is 0.444. The Hall–Kier alpha value is -2.79. The lowest BCUT2D eigenvalue weighted by molar-refractivity contribution is -0.160. The van der Waals surface area contributed by atoms with Crippen molar-refractivity contribution in [2.24, 2.45) is 17.8 Å². The summed E-state index contributed by atoms with van der Waals surface area (Å²) in [6.07, 6.45) is 11.4. The predicted molar refractivity (Wildman–Crippen MR) is 124 cm³/mol. The topological polar surface area (TPSA) is 64.1 Å². The average Bonchev–Trinajstić information content (AvgIpc) is 2.81. The number of carbonyl (C=O) groups is 1. The number of pyridine rings is 2. The average molecular weight is 428 g/mol. The van der Waals surface area contributed by atoms with Crippen LogP contribution in [0, 0.1) is 17.8 Å². The molecule has 32 heavy (non-hydrogen) atoms. The third kappa shape index (κ3) is 3.69. The van der Waals surface area contributed by atoms with Crippen LogP contribution in [0.4, 0.5) is 0 Å². The zero-order chi connectivity index (χ0) is 21.5. The van der Waals surface area contributed by atoms with Crippen LogP contribution in [0.5, 0.6) is 0 Å². The Labute approximate surface area is 188 Å². The van der Waals surface area contributed by atoms with Crippen LogP contribution in [0.25, 0.3) is 22.2 Å². The molecular weight excluding hydrogens is 398 g/mol. The molecule has 4 aliphatic rings. The highest BCUT2D eigenvalue weighted by atomic mass is 16.5. The molecule has 7 rings (SSSR count). The van der Waals surface area contributed by atoms with Crippen molar-refractivity contribution >= 4 is 16.8 Å². The number of carbonyl (C=O) groups excluding carboxylic acids is 1. The van der Waals surface area contributed by atoms with Crippen molar-refractivity contribution in [1.29, 1.82) is 0 Å². The third-order valence-electron chi connectivity index (χ3n) is 7.70. The molecule has 4 fully saturated rings. The maximum Gasteiger partial charge on any atom is 0.252 e. The molecule has 4 aliphatic carbocycles. The van der Waals surface area contributed by atoms with E-state index < -0.39 is 0 Å². The van der Waals surface area contributed by atoms with Gasteiger partial charge in [0.15, 0.2) is 0 Å². The molecule has 5 nitrogen and oxygen atoms in total. The van der Waals surface area contributed by atoms with Gasteiger partial charge < -0.3 is 10.1 Å². The van der Waals surface area contributed by atoms with Gasteiger partial charge >= 0.3 is 0 Å². The van der Waals surface area contributed by atoms with Crippen molar-refractivity contribution in [1.82, 2.24) is 15.3 Å². The number of amides is 1. The lowest BCUT2D eigenvalue weighted by Crippen LogP contribution is -2.52. The molecule has 0 radical (unpaired) electrons. The van der Waals surface area contributed by atoms with E-state index in [1.807, 2.05) is 42.5 Å². The Bertz CT molecular complexity index is 1110. The second-order valence-electron chi connectivity index (χ2n) is 10.0. The summed E-state index contributed by atoms with van der Waals surface area (Å²) in [6.45, 7) is 1.11. The second kappa shape index (κ2) is 7.96. The summed E-state index contributed by atoms with van der Waals surface area (Å²) in [5.74, 6) is 2.52. The molecule has 1 amide bonds. The van der Waals surface area contributed by atoms with Crippen molar-refractivity contribution in [3.63, 3.8) is 0 Å². The van der Waals surface area contributed by atoms with Gasteiger partial charge in [0.1, 0.15) is 0 Å². The lowest BCUT2D eigenvalue weighted by Gasteiger charge is -2.56. The number of hydrogen-bond acceptors (Lipinski definition) is 4. The minimum atomic E-state index is -0.0807. The van der Waals surface area contributed by atoms with Crippen LogP contribution in [0.1, 0.15) is 48.9 Å². The molecule has 4 bridgehead atoms. The van der Waals surface area contributed by atoms with E-state index in [1.54, 1.807) is 12.4 Å². The molecule has 2 aromatic heterocycles. The summed E-state index contributed by atoms with van der Waals surface area (Å²) in [7, 11) is 0. The van der Waals surface area contributed by atoms with Crippen molar-refractivity contribution in [2.75, 3.05) is 13.2 Å². The monoisotopic (exact) mass is 427 g/mol. The van der Waals surface area contributed by atoms with Crippen molar-refractivity contribution in [3.05, 3.63) is 60.4 Å². The standard InChI is InChI=1S/C27H29N3O2/c31-26(29-8-9-32-27-14-18-10-19(15-27)12-20(11-18)16-27)23-13-25(21-4-3-7-28-17-21)30-24-6-2-1-5-22(23)24/h1-7,13,17-20H,8-12,14-16H2,(H,29,31). The number of hydrogen-bond donors (Lipinski definition) is 1. The van der Waals surface area contributed by atoms with Crippen LogP contribution in [-0.2, 0) is 4.74 Å². The molecule has 0 spiro atoms. The molecule has 2 heterocycles. The molecule has 0 aliphatic heterocycles. The highest BCUT2D eigenvalue weighted by Gasteiger charge is 2.51. The van der Waals surface area contributed by atoms with Crippen LogP contribution in [0.3, 0.4) is 0 Å². The summed E-state index contributed by atoms with van der Waals surface area (Å²) in [5.41, 5.74) is 3.19. The number of nitrogens with one attached hydrogen (secondary N) is 1. The maximum absolute atomic E-state index is 13.2. The number of ether oxygens (including phenoxy) is 1. The zero-order valence-corrected chi connectivity index (χ0v) is 18.3. The first-order valence-electron chi connectivity index (χ1n) is 11.9. The minimum Gasteiger partial charge on any atom is -0.373 e. The van der Waals surface area contributed by atoms with Crippen molar-refractivity contribution < 1.29 is 9.53 Å². The Kier molecular flexibility index (Phi) is 4.94. The Morgan fingerprint density at radius 1 is 1.03 bits per heavy atom. The summed E-state index contributed by atoms with van der Waals surface area (Å²) >= 11 is 0. The van der Waals surface area contributed by atoms with E-state index in [0.29, 0.717) is 18.7 Å². The van der Waals surface area contributed by atoms with Gasteiger partial charge in [-0.15, -0.1) is 0 Å². The largest absolute Gasteiger partial charge is 0.373 e. The quantitative estimate of drug-likeness (QED) is 0.562. The second-order valence-corrected chi connectivity index (χ2v) is 10.0. The van der Waals surface area contributed by atoms with E-state index in [2.05, 4.69) is 10.3 Å². The number of fused-ring (bicyclic) bond motifs is 1. The van der Waals surface area contributed by atoms with E-state index in [4.69, 9.17) is 9.72 Å². The molecule has 164 valence electrons. The van der Waals surface area contributed by atoms with Gasteiger partial charge in [0.05, 0.1) is 29.0 Å². The molecule has 0 saturated heterocycles. The van der Waals surface area contributed by atoms with Gasteiger partial charge in [0, 0.05) is 29.9 Å². The lowest BCUT2D eigenvalue weighted by atomic mass is 9.54. The molecule has 5 heteroatoms. The fourth-order valence-corrected chi connectivity index (χ4v) is 6.76. The number of benzene rings is 1. The summed E-state index contributed by atoms with van der Waals surface area (Å²) < 4.78 is 6.47. The highest BCUT2D eigenvalue weighted by Crippen LogP contribution is 2.57. The van der Waals surface area contributed by atoms with E-state index in [-0.39, 0.29) is 11.5 Å². The molecule has 4 saturated carbocycles. The molecule has 0 unspecified atom stereocenters. The Morgan fingerprint density at radius 3 is 2.50 bits per heavy atom. The predicted octanol–water partition coefficient (Wildman–Crippen LogP) is 5.01. The van der Waals surface area contributed by atoms with E-state index in [1.165, 1.54) is 38.5 Å². The summed E-state index contributed by atoms with van der Waals surface area (Å²) in [5, 5.41) is 3.96. The third-order valence-corrected chi connectivity index (χ3v) is 7.70. The van der Waals surface area contributed by atoms with Gasteiger partial charge in [-0.2, -0.15) is 0 Å². The number of rotatable bonds is 6. The van der Waals surface area contributed by atoms with Crippen LogP contribution < -0.4 is 5.32 Å². The van der Waals surface area contributed by atoms with Crippen LogP contribution >= 0.6 is 0 Å². The number of nitrogens with zero attached hydrogens (tertiary/aromatic N) is 2. The smallest absolute Gasteiger partial charge is 0.252 e. The van der Waals surface area contributed by atoms with Gasteiger partial charge in [0.25, 0.3) is 5.91 Å². The SMILES string of the molecule is O=C(NCCOC12CC3CC(CC(C3)C1)C2)c1cc(-c2cccnc2)nc2ccccc12. The van der Waals surface area contributed by atoms with E-state index in [0.717, 1.165) is 39.9 Å². The molecule has 1 N–H and O–H groups in total. The summed E-state index contributed by atoms with van der Waals surface area (Å²) in [6, 6.07) is 13.5. The number of para-hydroxylation sites is 1. The minimum absolute atomic E-state index is 0.0797. The van der Waals surface area contributed by atoms with Gasteiger partial charge in [-0.3, -0.25) is 9.78 Å². The first-order chi connectivity index (χ1) is 15.7. The molecule has 1 aromatic carbocycles. The molecule has 0 atom stereocenters. The Balaban J connectivity index is 1.16. The normalized spacial score (nSPS) is 28.2. The first kappa shape index (κ1) is 19.9. The van der Waals surface area contributed by atoms with Crippen LogP contribution in [0.15, 0.2) is 54.9 Å². The van der Waals surface area contributed by atoms with E-state index >= 15 is 0 Å². The van der Waals surface area contributed by atoms with Gasteiger partial charge in [0.2, 0.25) is 0 Å². The van der Waals surface area contributed by atoms with Crippen molar-refractivity contribution in [3.8, 4) is 11.3 Å². The Morgan fingerprint density at radius 2 is 1.78 bits per heavy atom. The highest BCUT2D eigenvalue weighted by molar-refractivity contribution is 6.07. The van der Waals surface area contributed by atoms with E-state index in [9.17, 15) is 4.79 Å². The number of aromatic nitrogens is 2. The van der Waals surface area contributed by atoms with Crippen LogP contribution in [0.2, 0.25) is 0 Å².